The van der Waals surface area contributed by atoms with Crippen LogP contribution in [0.15, 0.2) is 6.20 Å². The second kappa shape index (κ2) is 3.84. The van der Waals surface area contributed by atoms with Gasteiger partial charge in [0.15, 0.2) is 5.75 Å². The van der Waals surface area contributed by atoms with E-state index in [9.17, 15) is 5.11 Å². The van der Waals surface area contributed by atoms with Crippen LogP contribution in [0.25, 0.3) is 0 Å². The number of hydrogen-bond donors (Lipinski definition) is 3. The van der Waals surface area contributed by atoms with E-state index in [2.05, 4.69) is 9.97 Å². The zero-order valence-corrected chi connectivity index (χ0v) is 9.20. The van der Waals surface area contributed by atoms with Gasteiger partial charge < -0.3 is 10.8 Å². The first-order chi connectivity index (χ1) is 6.80. The molecule has 1 aromatic rings. The zero-order chi connectivity index (χ0) is 11.6. The van der Waals surface area contributed by atoms with Gasteiger partial charge in [-0.3, -0.25) is 5.41 Å². The van der Waals surface area contributed by atoms with Crippen LogP contribution >= 0.6 is 0 Å². The Morgan fingerprint density at radius 3 is 2.60 bits per heavy atom. The van der Waals surface area contributed by atoms with Crippen molar-refractivity contribution in [1.82, 2.24) is 9.97 Å². The normalized spacial score (nSPS) is 11.4. The smallest absolute Gasteiger partial charge is 0.155 e. The van der Waals surface area contributed by atoms with Crippen molar-refractivity contribution >= 4 is 5.84 Å². The van der Waals surface area contributed by atoms with Gasteiger partial charge in [0.05, 0.1) is 24.1 Å². The maximum atomic E-state index is 9.47. The Hall–Kier alpha value is -1.65. The van der Waals surface area contributed by atoms with Gasteiger partial charge in [-0.25, -0.2) is 9.97 Å². The summed E-state index contributed by atoms with van der Waals surface area (Å²) < 4.78 is 0. The topological polar surface area (TPSA) is 95.9 Å². The van der Waals surface area contributed by atoms with Gasteiger partial charge in [-0.05, 0) is 0 Å². The molecule has 0 atom stereocenters. The molecule has 82 valence electrons. The summed E-state index contributed by atoms with van der Waals surface area (Å²) in [5, 5.41) is 16.6. The van der Waals surface area contributed by atoms with E-state index in [1.807, 2.05) is 20.8 Å². The summed E-state index contributed by atoms with van der Waals surface area (Å²) in [6.45, 7) is 5.95. The summed E-state index contributed by atoms with van der Waals surface area (Å²) in [6.07, 6.45) is 1.50. The van der Waals surface area contributed by atoms with E-state index in [-0.39, 0.29) is 23.4 Å². The SMILES string of the molecule is CC(C)(C)c1ncc(O)c(CC(=N)N)n1. The Bertz CT molecular complexity index is 381. The lowest BCUT2D eigenvalue weighted by molar-refractivity contribution is 0.454. The molecule has 0 radical (unpaired) electrons. The van der Waals surface area contributed by atoms with Crippen LogP contribution < -0.4 is 5.73 Å². The van der Waals surface area contributed by atoms with Crippen LogP contribution in [0.5, 0.6) is 5.75 Å². The van der Waals surface area contributed by atoms with E-state index in [0.29, 0.717) is 11.5 Å². The molecular formula is C10H16N4O. The summed E-state index contributed by atoms with van der Waals surface area (Å²) in [5.74, 6) is 0.596. The van der Waals surface area contributed by atoms with E-state index in [0.717, 1.165) is 0 Å². The molecule has 0 aliphatic carbocycles. The van der Waals surface area contributed by atoms with Crippen LogP contribution in [0, 0.1) is 5.41 Å². The minimum absolute atomic E-state index is 0.0156. The number of amidine groups is 1. The molecule has 0 bridgehead atoms. The largest absolute Gasteiger partial charge is 0.504 e. The van der Waals surface area contributed by atoms with E-state index in [1.165, 1.54) is 6.20 Å². The first-order valence-corrected chi connectivity index (χ1v) is 4.69. The monoisotopic (exact) mass is 208 g/mol. The van der Waals surface area contributed by atoms with Crippen molar-refractivity contribution in [3.05, 3.63) is 17.7 Å². The molecule has 0 unspecified atom stereocenters. The van der Waals surface area contributed by atoms with Crippen LogP contribution in [0.4, 0.5) is 0 Å². The molecule has 1 heterocycles. The lowest BCUT2D eigenvalue weighted by Gasteiger charge is -2.17. The van der Waals surface area contributed by atoms with Gasteiger partial charge in [0, 0.05) is 5.41 Å². The van der Waals surface area contributed by atoms with Crippen LogP contribution in [-0.4, -0.2) is 20.9 Å². The molecular weight excluding hydrogens is 192 g/mol. The third-order valence-corrected chi connectivity index (χ3v) is 1.87. The van der Waals surface area contributed by atoms with Crippen molar-refractivity contribution in [1.29, 1.82) is 5.41 Å². The Balaban J connectivity index is 3.11. The quantitative estimate of drug-likeness (QED) is 0.498. The zero-order valence-electron chi connectivity index (χ0n) is 9.20. The molecule has 0 amide bonds. The Kier molecular flexibility index (Phi) is 2.93. The molecule has 15 heavy (non-hydrogen) atoms. The van der Waals surface area contributed by atoms with Gasteiger partial charge in [0.1, 0.15) is 5.82 Å². The first-order valence-electron chi connectivity index (χ1n) is 4.69. The molecule has 4 N–H and O–H groups in total. The minimum atomic E-state index is -0.181. The van der Waals surface area contributed by atoms with Crippen molar-refractivity contribution in [3.63, 3.8) is 0 Å². The number of aromatic nitrogens is 2. The summed E-state index contributed by atoms with van der Waals surface area (Å²) in [6, 6.07) is 0. The highest BCUT2D eigenvalue weighted by Crippen LogP contribution is 2.21. The number of nitrogens with two attached hydrogens (primary N) is 1. The highest BCUT2D eigenvalue weighted by Gasteiger charge is 2.19. The van der Waals surface area contributed by atoms with Gasteiger partial charge in [0.25, 0.3) is 0 Å². The fraction of sp³-hybridized carbons (Fsp3) is 0.500. The summed E-state index contributed by atoms with van der Waals surface area (Å²) in [4.78, 5) is 8.25. The van der Waals surface area contributed by atoms with Gasteiger partial charge in [-0.1, -0.05) is 20.8 Å². The number of rotatable bonds is 2. The Morgan fingerprint density at radius 2 is 2.13 bits per heavy atom. The minimum Gasteiger partial charge on any atom is -0.504 e. The molecule has 0 saturated carbocycles. The van der Waals surface area contributed by atoms with Crippen LogP contribution in [0.3, 0.4) is 0 Å². The lowest BCUT2D eigenvalue weighted by atomic mass is 9.95. The van der Waals surface area contributed by atoms with Gasteiger partial charge >= 0.3 is 0 Å². The average Bonchev–Trinajstić information content (AvgIpc) is 2.06. The van der Waals surface area contributed by atoms with E-state index in [1.54, 1.807) is 0 Å². The third-order valence-electron chi connectivity index (χ3n) is 1.87. The second-order valence-corrected chi connectivity index (χ2v) is 4.48. The molecule has 0 fully saturated rings. The molecule has 1 rings (SSSR count). The van der Waals surface area contributed by atoms with Crippen molar-refractivity contribution < 1.29 is 5.11 Å². The Labute approximate surface area is 88.9 Å². The fourth-order valence-electron chi connectivity index (χ4n) is 1.08. The summed E-state index contributed by atoms with van der Waals surface area (Å²) in [5.41, 5.74) is 5.49. The van der Waals surface area contributed by atoms with Crippen LogP contribution in [0.1, 0.15) is 32.3 Å². The van der Waals surface area contributed by atoms with Crippen molar-refractivity contribution in [2.75, 3.05) is 0 Å². The van der Waals surface area contributed by atoms with Gasteiger partial charge in [-0.15, -0.1) is 0 Å². The van der Waals surface area contributed by atoms with Crippen molar-refractivity contribution in [2.45, 2.75) is 32.6 Å². The van der Waals surface area contributed by atoms with Crippen LogP contribution in [-0.2, 0) is 11.8 Å². The predicted octanol–water partition coefficient (Wildman–Crippen LogP) is 0.958. The number of hydrogen-bond acceptors (Lipinski definition) is 4. The molecule has 0 aliphatic heterocycles. The van der Waals surface area contributed by atoms with Crippen molar-refractivity contribution in [3.8, 4) is 5.75 Å². The van der Waals surface area contributed by atoms with Gasteiger partial charge in [0.2, 0.25) is 0 Å². The lowest BCUT2D eigenvalue weighted by Crippen LogP contribution is -2.19. The molecule has 0 spiro atoms. The number of nitrogens with one attached hydrogen (secondary N) is 1. The summed E-state index contributed by atoms with van der Waals surface area (Å²) in [7, 11) is 0. The molecule has 1 aromatic heterocycles. The van der Waals surface area contributed by atoms with E-state index in [4.69, 9.17) is 11.1 Å². The first kappa shape index (κ1) is 11.4. The maximum absolute atomic E-state index is 9.47. The fourth-order valence-corrected chi connectivity index (χ4v) is 1.08. The molecule has 0 saturated heterocycles. The summed E-state index contributed by atoms with van der Waals surface area (Å²) >= 11 is 0. The van der Waals surface area contributed by atoms with Crippen molar-refractivity contribution in [2.24, 2.45) is 5.73 Å². The standard InChI is InChI=1S/C10H16N4O/c1-10(2,3)9-13-5-7(15)6(14-9)4-8(11)12/h5,15H,4H2,1-3H3,(H3,11,12). The average molecular weight is 208 g/mol. The molecule has 0 aromatic carbocycles. The molecule has 5 heteroatoms. The Morgan fingerprint density at radius 1 is 1.53 bits per heavy atom. The highest BCUT2D eigenvalue weighted by atomic mass is 16.3. The van der Waals surface area contributed by atoms with Gasteiger partial charge in [-0.2, -0.15) is 0 Å². The third kappa shape index (κ3) is 2.90. The van der Waals surface area contributed by atoms with E-state index < -0.39 is 0 Å². The molecule has 0 aliphatic rings. The highest BCUT2D eigenvalue weighted by molar-refractivity contribution is 5.79. The predicted molar refractivity (Wildman–Crippen MR) is 58.0 cm³/mol. The molecule has 5 nitrogen and oxygen atoms in total. The van der Waals surface area contributed by atoms with E-state index >= 15 is 0 Å². The second-order valence-electron chi connectivity index (χ2n) is 4.48. The maximum Gasteiger partial charge on any atom is 0.155 e. The van der Waals surface area contributed by atoms with Crippen LogP contribution in [0.2, 0.25) is 0 Å². The number of nitrogens with zero attached hydrogens (tertiary/aromatic N) is 2. The number of aromatic hydroxyl groups is 1.